The average molecular weight is 334 g/mol. The Morgan fingerprint density at radius 3 is 2.72 bits per heavy atom. The van der Waals surface area contributed by atoms with Crippen LogP contribution in [0.15, 0.2) is 22.7 Å². The molecule has 0 aliphatic heterocycles. The molecule has 0 unspecified atom stereocenters. The highest BCUT2D eigenvalue weighted by molar-refractivity contribution is 9.10. The van der Waals surface area contributed by atoms with E-state index in [1.165, 1.54) is 12.1 Å². The number of ether oxygens (including phenoxy) is 1. The van der Waals surface area contributed by atoms with Gasteiger partial charge in [0.05, 0.1) is 18.4 Å². The van der Waals surface area contributed by atoms with E-state index >= 15 is 0 Å². The zero-order valence-electron chi connectivity index (χ0n) is 9.10. The van der Waals surface area contributed by atoms with E-state index < -0.39 is 16.3 Å². The monoisotopic (exact) mass is 333 g/mol. The van der Waals surface area contributed by atoms with Crippen LogP contribution in [0.3, 0.4) is 0 Å². The van der Waals surface area contributed by atoms with Crippen molar-refractivity contribution in [3.05, 3.63) is 28.2 Å². The molecule has 0 atom stereocenters. The smallest absolute Gasteiger partial charge is 0.422 e. The van der Waals surface area contributed by atoms with Crippen LogP contribution in [0.25, 0.3) is 0 Å². The Morgan fingerprint density at radius 2 is 2.17 bits per heavy atom. The van der Waals surface area contributed by atoms with Crippen molar-refractivity contribution in [1.82, 2.24) is 4.72 Å². The lowest BCUT2D eigenvalue weighted by molar-refractivity contribution is 0.177. The standard InChI is InChI=1S/C9H8BrN3O4S/c1-17-9(14)13-18(15,16)12-8-3-2-7(10)4-6(8)5-11/h2-4,12H,1H3,(H,13,14). The molecule has 18 heavy (non-hydrogen) atoms. The molecule has 0 aliphatic rings. The molecule has 0 saturated heterocycles. The Hall–Kier alpha value is -1.79. The first-order valence-electron chi connectivity index (χ1n) is 4.46. The minimum atomic E-state index is -4.13. The lowest BCUT2D eigenvalue weighted by atomic mass is 10.2. The molecule has 0 saturated carbocycles. The number of amides is 1. The summed E-state index contributed by atoms with van der Waals surface area (Å²) in [6, 6.07) is 6.21. The highest BCUT2D eigenvalue weighted by Gasteiger charge is 2.16. The van der Waals surface area contributed by atoms with E-state index in [4.69, 9.17) is 5.26 Å². The first-order chi connectivity index (χ1) is 8.38. The van der Waals surface area contributed by atoms with Crippen LogP contribution in [0, 0.1) is 11.3 Å². The Morgan fingerprint density at radius 1 is 1.50 bits per heavy atom. The van der Waals surface area contributed by atoms with Gasteiger partial charge in [0.25, 0.3) is 0 Å². The van der Waals surface area contributed by atoms with Crippen LogP contribution in [-0.4, -0.2) is 21.6 Å². The van der Waals surface area contributed by atoms with Crippen molar-refractivity contribution in [3.8, 4) is 6.07 Å². The molecule has 96 valence electrons. The predicted molar refractivity (Wildman–Crippen MR) is 66.9 cm³/mol. The molecule has 1 rings (SSSR count). The van der Waals surface area contributed by atoms with Gasteiger partial charge in [0, 0.05) is 4.47 Å². The number of benzene rings is 1. The molecule has 2 N–H and O–H groups in total. The fraction of sp³-hybridized carbons (Fsp3) is 0.111. The summed E-state index contributed by atoms with van der Waals surface area (Å²) < 4.78 is 31.4. The molecule has 1 aromatic rings. The van der Waals surface area contributed by atoms with Crippen LogP contribution in [0.1, 0.15) is 5.56 Å². The third-order valence-electron chi connectivity index (χ3n) is 1.75. The van der Waals surface area contributed by atoms with E-state index in [2.05, 4.69) is 20.7 Å². The molecule has 0 spiro atoms. The van der Waals surface area contributed by atoms with E-state index in [-0.39, 0.29) is 11.3 Å². The summed E-state index contributed by atoms with van der Waals surface area (Å²) in [5.41, 5.74) is 0.164. The van der Waals surface area contributed by atoms with E-state index in [1.807, 2.05) is 10.8 Å². The van der Waals surface area contributed by atoms with Crippen molar-refractivity contribution in [2.24, 2.45) is 0 Å². The maximum atomic E-state index is 11.5. The average Bonchev–Trinajstić information content (AvgIpc) is 2.30. The van der Waals surface area contributed by atoms with E-state index in [0.717, 1.165) is 7.11 Å². The number of carbonyl (C=O) groups excluding carboxylic acids is 1. The maximum Gasteiger partial charge on any atom is 0.422 e. The molecule has 7 nitrogen and oxygen atoms in total. The molecule has 0 fully saturated rings. The first-order valence-corrected chi connectivity index (χ1v) is 6.73. The van der Waals surface area contributed by atoms with E-state index in [9.17, 15) is 13.2 Å². The number of hydrogen-bond donors (Lipinski definition) is 2. The van der Waals surface area contributed by atoms with Gasteiger partial charge in [-0.05, 0) is 18.2 Å². The quantitative estimate of drug-likeness (QED) is 0.867. The van der Waals surface area contributed by atoms with Crippen molar-refractivity contribution >= 4 is 37.9 Å². The normalized spacial score (nSPS) is 10.3. The third kappa shape index (κ3) is 3.90. The van der Waals surface area contributed by atoms with E-state index in [0.29, 0.717) is 4.47 Å². The van der Waals surface area contributed by atoms with Crippen LogP contribution in [0.5, 0.6) is 0 Å². The van der Waals surface area contributed by atoms with Crippen molar-refractivity contribution in [2.75, 3.05) is 11.8 Å². The predicted octanol–water partition coefficient (Wildman–Crippen LogP) is 1.33. The molecule has 1 amide bonds. The molecule has 0 aromatic heterocycles. The Labute approximate surface area is 112 Å². The van der Waals surface area contributed by atoms with Crippen LogP contribution < -0.4 is 9.44 Å². The minimum absolute atomic E-state index is 0.0529. The topological polar surface area (TPSA) is 108 Å². The summed E-state index contributed by atoms with van der Waals surface area (Å²) in [5.74, 6) is 0. The second-order valence-corrected chi connectivity index (χ2v) is 5.33. The van der Waals surface area contributed by atoms with Crippen LogP contribution in [-0.2, 0) is 14.9 Å². The summed E-state index contributed by atoms with van der Waals surface area (Å²) in [6.45, 7) is 0. The lowest BCUT2D eigenvalue weighted by Gasteiger charge is -2.09. The Balaban J connectivity index is 2.98. The van der Waals surface area contributed by atoms with Gasteiger partial charge in [0.15, 0.2) is 0 Å². The third-order valence-corrected chi connectivity index (χ3v) is 3.17. The number of nitrogens with one attached hydrogen (secondary N) is 2. The fourth-order valence-electron chi connectivity index (χ4n) is 1.02. The first kappa shape index (κ1) is 14.3. The molecular weight excluding hydrogens is 326 g/mol. The number of halogens is 1. The van der Waals surface area contributed by atoms with Crippen LogP contribution >= 0.6 is 15.9 Å². The van der Waals surface area contributed by atoms with Gasteiger partial charge in [-0.15, -0.1) is 0 Å². The fourth-order valence-corrected chi connectivity index (χ4v) is 2.20. The van der Waals surface area contributed by atoms with Gasteiger partial charge < -0.3 is 4.74 Å². The van der Waals surface area contributed by atoms with Gasteiger partial charge in [-0.1, -0.05) is 15.9 Å². The summed E-state index contributed by atoms with van der Waals surface area (Å²) in [7, 11) is -3.10. The van der Waals surface area contributed by atoms with Gasteiger partial charge in [0.2, 0.25) is 0 Å². The summed E-state index contributed by atoms with van der Waals surface area (Å²) in [6.07, 6.45) is -1.13. The highest BCUT2D eigenvalue weighted by atomic mass is 79.9. The number of carbonyl (C=O) groups is 1. The minimum Gasteiger partial charge on any atom is -0.452 e. The van der Waals surface area contributed by atoms with Gasteiger partial charge in [0.1, 0.15) is 6.07 Å². The highest BCUT2D eigenvalue weighted by Crippen LogP contribution is 2.20. The lowest BCUT2D eigenvalue weighted by Crippen LogP contribution is -2.35. The van der Waals surface area contributed by atoms with Crippen molar-refractivity contribution in [1.29, 1.82) is 5.26 Å². The SMILES string of the molecule is COC(=O)NS(=O)(=O)Nc1ccc(Br)cc1C#N. The zero-order chi connectivity index (χ0) is 13.8. The number of anilines is 1. The van der Waals surface area contributed by atoms with Gasteiger partial charge in [-0.25, -0.2) is 9.52 Å². The number of nitrogens with zero attached hydrogens (tertiary/aromatic N) is 1. The zero-order valence-corrected chi connectivity index (χ0v) is 11.5. The number of hydrogen-bond acceptors (Lipinski definition) is 5. The van der Waals surface area contributed by atoms with Crippen molar-refractivity contribution in [3.63, 3.8) is 0 Å². The Bertz CT molecular complexity index is 609. The molecule has 0 heterocycles. The molecule has 0 aliphatic carbocycles. The molecule has 1 aromatic carbocycles. The van der Waals surface area contributed by atoms with Gasteiger partial charge >= 0.3 is 16.3 Å². The second kappa shape index (κ2) is 5.70. The number of methoxy groups -OCH3 is 1. The summed E-state index contributed by atoms with van der Waals surface area (Å²) in [4.78, 5) is 10.8. The van der Waals surface area contributed by atoms with Gasteiger partial charge in [-0.2, -0.15) is 13.7 Å². The van der Waals surface area contributed by atoms with Crippen molar-refractivity contribution in [2.45, 2.75) is 0 Å². The van der Waals surface area contributed by atoms with Crippen molar-refractivity contribution < 1.29 is 17.9 Å². The van der Waals surface area contributed by atoms with Crippen LogP contribution in [0.4, 0.5) is 10.5 Å². The second-order valence-electron chi connectivity index (χ2n) is 3.00. The molecular formula is C9H8BrN3O4S. The summed E-state index contributed by atoms with van der Waals surface area (Å²) >= 11 is 3.15. The summed E-state index contributed by atoms with van der Waals surface area (Å²) in [5, 5.41) is 8.85. The van der Waals surface area contributed by atoms with E-state index in [1.54, 1.807) is 10.8 Å². The molecule has 0 radical (unpaired) electrons. The number of nitriles is 1. The molecule has 0 bridgehead atoms. The Kier molecular flexibility index (Phi) is 4.52. The molecule has 9 heteroatoms. The largest absolute Gasteiger partial charge is 0.452 e. The van der Waals surface area contributed by atoms with Gasteiger partial charge in [-0.3, -0.25) is 4.72 Å². The number of rotatable bonds is 3. The van der Waals surface area contributed by atoms with Crippen LogP contribution in [0.2, 0.25) is 0 Å². The maximum absolute atomic E-state index is 11.5.